The van der Waals surface area contributed by atoms with E-state index in [9.17, 15) is 18.8 Å². The molecule has 0 saturated heterocycles. The molecule has 0 saturated carbocycles. The van der Waals surface area contributed by atoms with Gasteiger partial charge in [-0.2, -0.15) is 0 Å². The van der Waals surface area contributed by atoms with E-state index in [1.54, 1.807) is 48.5 Å². The molecular formula is C24H20FNO4. The number of ether oxygens (including phenoxy) is 1. The Kier molecular flexibility index (Phi) is 6.70. The smallest absolute Gasteiger partial charge is 0.328 e. The molecule has 0 unspecified atom stereocenters. The van der Waals surface area contributed by atoms with Crippen molar-refractivity contribution in [2.75, 3.05) is 7.11 Å². The maximum absolute atomic E-state index is 13.4. The number of ketones is 1. The maximum atomic E-state index is 13.4. The van der Waals surface area contributed by atoms with Gasteiger partial charge in [0.1, 0.15) is 11.9 Å². The molecule has 0 bridgehead atoms. The number of hydrogen-bond donors (Lipinski definition) is 1. The number of halogens is 1. The molecule has 6 heteroatoms. The first-order chi connectivity index (χ1) is 14.5. The molecule has 1 amide bonds. The Hall–Kier alpha value is -3.80. The van der Waals surface area contributed by atoms with Gasteiger partial charge in [0.15, 0.2) is 5.78 Å². The van der Waals surface area contributed by atoms with Gasteiger partial charge in [0.05, 0.1) is 7.11 Å². The number of rotatable bonds is 7. The van der Waals surface area contributed by atoms with E-state index in [0.29, 0.717) is 11.1 Å². The van der Waals surface area contributed by atoms with Crippen LogP contribution in [-0.4, -0.2) is 30.8 Å². The molecule has 5 nitrogen and oxygen atoms in total. The molecule has 152 valence electrons. The molecule has 1 N–H and O–H groups in total. The second-order valence-corrected chi connectivity index (χ2v) is 6.66. The summed E-state index contributed by atoms with van der Waals surface area (Å²) in [4.78, 5) is 37.0. The van der Waals surface area contributed by atoms with Crippen molar-refractivity contribution >= 4 is 17.7 Å². The molecule has 3 rings (SSSR count). The van der Waals surface area contributed by atoms with E-state index >= 15 is 0 Å². The molecule has 0 fully saturated rings. The monoisotopic (exact) mass is 405 g/mol. The Labute approximate surface area is 173 Å². The predicted molar refractivity (Wildman–Crippen MR) is 110 cm³/mol. The van der Waals surface area contributed by atoms with Crippen molar-refractivity contribution in [2.45, 2.75) is 12.5 Å². The summed E-state index contributed by atoms with van der Waals surface area (Å²) >= 11 is 0. The average molecular weight is 405 g/mol. The third kappa shape index (κ3) is 5.17. The zero-order valence-corrected chi connectivity index (χ0v) is 16.3. The van der Waals surface area contributed by atoms with Gasteiger partial charge >= 0.3 is 5.97 Å². The summed E-state index contributed by atoms with van der Waals surface area (Å²) < 4.78 is 18.1. The fraction of sp³-hybridized carbons (Fsp3) is 0.125. The highest BCUT2D eigenvalue weighted by atomic mass is 19.1. The van der Waals surface area contributed by atoms with Crippen LogP contribution in [0.5, 0.6) is 0 Å². The van der Waals surface area contributed by atoms with Gasteiger partial charge < -0.3 is 10.1 Å². The van der Waals surface area contributed by atoms with Crippen molar-refractivity contribution in [1.29, 1.82) is 0 Å². The van der Waals surface area contributed by atoms with Gasteiger partial charge in [-0.15, -0.1) is 0 Å². The molecule has 3 aromatic rings. The lowest BCUT2D eigenvalue weighted by Crippen LogP contribution is -2.43. The van der Waals surface area contributed by atoms with Crippen molar-refractivity contribution < 1.29 is 23.5 Å². The van der Waals surface area contributed by atoms with E-state index in [-0.39, 0.29) is 17.8 Å². The van der Waals surface area contributed by atoms with Gasteiger partial charge in [0, 0.05) is 23.1 Å². The van der Waals surface area contributed by atoms with E-state index in [1.807, 2.05) is 6.07 Å². The second kappa shape index (κ2) is 9.60. The SMILES string of the molecule is COC(=O)[C@@H](Cc1ccc(C(=O)c2ccccc2)cc1)NC(=O)c1cccc(F)c1. The van der Waals surface area contributed by atoms with Crippen LogP contribution in [0.25, 0.3) is 0 Å². The number of carbonyl (C=O) groups is 3. The zero-order valence-electron chi connectivity index (χ0n) is 16.3. The van der Waals surface area contributed by atoms with Crippen molar-refractivity contribution in [3.05, 3.63) is 107 Å². The number of amides is 1. The van der Waals surface area contributed by atoms with E-state index in [0.717, 1.165) is 11.6 Å². The van der Waals surface area contributed by atoms with E-state index in [2.05, 4.69) is 5.32 Å². The van der Waals surface area contributed by atoms with Crippen molar-refractivity contribution in [1.82, 2.24) is 5.32 Å². The van der Waals surface area contributed by atoms with Crippen LogP contribution in [0, 0.1) is 5.82 Å². The number of hydrogen-bond acceptors (Lipinski definition) is 4. The molecule has 1 atom stereocenters. The summed E-state index contributed by atoms with van der Waals surface area (Å²) in [5.41, 5.74) is 1.94. The Morgan fingerprint density at radius 3 is 2.13 bits per heavy atom. The quantitative estimate of drug-likeness (QED) is 0.482. The van der Waals surface area contributed by atoms with E-state index < -0.39 is 23.7 Å². The lowest BCUT2D eigenvalue weighted by atomic mass is 9.99. The van der Waals surface area contributed by atoms with Crippen molar-refractivity contribution in [3.63, 3.8) is 0 Å². The minimum atomic E-state index is -0.957. The fourth-order valence-electron chi connectivity index (χ4n) is 2.99. The summed E-state index contributed by atoms with van der Waals surface area (Å²) in [6.07, 6.45) is 0.160. The third-order valence-corrected chi connectivity index (χ3v) is 4.57. The van der Waals surface area contributed by atoms with Gasteiger partial charge in [0.2, 0.25) is 0 Å². The minimum absolute atomic E-state index is 0.104. The molecule has 0 aromatic heterocycles. The molecular weight excluding hydrogens is 385 g/mol. The van der Waals surface area contributed by atoms with Crippen LogP contribution in [0.4, 0.5) is 4.39 Å². The molecule has 0 aliphatic heterocycles. The molecule has 0 radical (unpaired) electrons. The standard InChI is InChI=1S/C24H20FNO4/c1-30-24(29)21(26-23(28)19-8-5-9-20(25)15-19)14-16-10-12-18(13-11-16)22(27)17-6-3-2-4-7-17/h2-13,15,21H,14H2,1H3,(H,26,28)/t21-/m1/s1. The first kappa shape index (κ1) is 20.9. The third-order valence-electron chi connectivity index (χ3n) is 4.57. The lowest BCUT2D eigenvalue weighted by molar-refractivity contribution is -0.142. The van der Waals surface area contributed by atoms with Crippen LogP contribution in [-0.2, 0) is 16.0 Å². The number of nitrogens with one attached hydrogen (secondary N) is 1. The number of carbonyl (C=O) groups excluding carboxylic acids is 3. The highest BCUT2D eigenvalue weighted by Crippen LogP contribution is 2.13. The van der Waals surface area contributed by atoms with E-state index in [1.165, 1.54) is 25.3 Å². The largest absolute Gasteiger partial charge is 0.467 e. The summed E-state index contributed by atoms with van der Waals surface area (Å²) in [7, 11) is 1.23. The topological polar surface area (TPSA) is 72.5 Å². The van der Waals surface area contributed by atoms with Gasteiger partial charge in [-0.25, -0.2) is 9.18 Å². The minimum Gasteiger partial charge on any atom is -0.467 e. The van der Waals surface area contributed by atoms with Gasteiger partial charge in [-0.3, -0.25) is 9.59 Å². The summed E-state index contributed by atoms with van der Waals surface area (Å²) in [5.74, 6) is -1.85. The average Bonchev–Trinajstić information content (AvgIpc) is 2.78. The van der Waals surface area contributed by atoms with Crippen molar-refractivity contribution in [3.8, 4) is 0 Å². The zero-order chi connectivity index (χ0) is 21.5. The lowest BCUT2D eigenvalue weighted by Gasteiger charge is -2.17. The van der Waals surface area contributed by atoms with E-state index in [4.69, 9.17) is 4.74 Å². The first-order valence-corrected chi connectivity index (χ1v) is 9.31. The summed E-state index contributed by atoms with van der Waals surface area (Å²) in [6.45, 7) is 0. The second-order valence-electron chi connectivity index (χ2n) is 6.66. The maximum Gasteiger partial charge on any atom is 0.328 e. The summed E-state index contributed by atoms with van der Waals surface area (Å²) in [5, 5.41) is 2.58. The fourth-order valence-corrected chi connectivity index (χ4v) is 2.99. The van der Waals surface area contributed by atoms with Crippen molar-refractivity contribution in [2.24, 2.45) is 0 Å². The van der Waals surface area contributed by atoms with Gasteiger partial charge in [-0.1, -0.05) is 60.7 Å². The van der Waals surface area contributed by atoms with Crippen LogP contribution in [0.15, 0.2) is 78.9 Å². The predicted octanol–water partition coefficient (Wildman–Crippen LogP) is 3.57. The Morgan fingerprint density at radius 2 is 1.50 bits per heavy atom. The van der Waals surface area contributed by atoms with Gasteiger partial charge in [0.25, 0.3) is 5.91 Å². The normalized spacial score (nSPS) is 11.4. The number of esters is 1. The Morgan fingerprint density at radius 1 is 0.867 bits per heavy atom. The van der Waals surface area contributed by atoms with Crippen LogP contribution >= 0.6 is 0 Å². The highest BCUT2D eigenvalue weighted by Gasteiger charge is 2.23. The Bertz CT molecular complexity index is 1050. The van der Waals surface area contributed by atoms with Crippen LogP contribution in [0.2, 0.25) is 0 Å². The first-order valence-electron chi connectivity index (χ1n) is 9.31. The van der Waals surface area contributed by atoms with Crippen LogP contribution in [0.3, 0.4) is 0 Å². The molecule has 3 aromatic carbocycles. The Balaban J connectivity index is 1.73. The number of methoxy groups -OCH3 is 1. The van der Waals surface area contributed by atoms with Gasteiger partial charge in [-0.05, 0) is 23.8 Å². The molecule has 0 spiro atoms. The molecule has 30 heavy (non-hydrogen) atoms. The molecule has 0 heterocycles. The highest BCUT2D eigenvalue weighted by molar-refractivity contribution is 6.08. The van der Waals surface area contributed by atoms with Crippen LogP contribution < -0.4 is 5.32 Å². The molecule has 0 aliphatic carbocycles. The van der Waals surface area contributed by atoms with Crippen LogP contribution in [0.1, 0.15) is 31.8 Å². The molecule has 0 aliphatic rings. The number of benzene rings is 3. The summed E-state index contributed by atoms with van der Waals surface area (Å²) in [6, 6.07) is 19.9.